The maximum Gasteiger partial charge on any atom is 2.00 e. The molecule has 0 aromatic rings. The largest absolute Gasteiger partial charge is 2.00 e. The number of carboxylic acid groups (broad SMARTS) is 4. The Morgan fingerprint density at radius 1 is 0.417 bits per heavy atom. The van der Waals surface area contributed by atoms with E-state index < -0.39 is 35.8 Å². The van der Waals surface area contributed by atoms with Crippen LogP contribution in [-0.2, 0) is 38.2 Å². The van der Waals surface area contributed by atoms with Gasteiger partial charge in [0.15, 0.2) is 0 Å². The van der Waals surface area contributed by atoms with E-state index in [1.165, 1.54) is 25.7 Å². The second-order valence-corrected chi connectivity index (χ2v) is 8.03. The third-order valence-corrected chi connectivity index (χ3v) is 3.38. The van der Waals surface area contributed by atoms with Crippen molar-refractivity contribution in [2.75, 3.05) is 13.2 Å². The standard InChI is InChI=1S/2C7H10O4.C4H4O4.4C4H9.2Sn/c2*1-2-5-11-7(10)4-3-6(8)9;5-3(6)1-2-4(7)8;4*1-3-4-2;;/h2*3-4H,2,5H2,1H3,(H,8,9);1-2H,(H,5,6)(H,7,8);4*1,3-4H2,2H3;;/q;;;;;;;2*+2/p-4/b2*4-3-;2-1-;;;;;;. The number of rotatable bonds is 14. The van der Waals surface area contributed by atoms with Crippen LogP contribution in [0.25, 0.3) is 0 Å². The van der Waals surface area contributed by atoms with E-state index in [1.807, 2.05) is 13.8 Å². The molecule has 0 aromatic heterocycles. The molecule has 0 atom stereocenters. The summed E-state index contributed by atoms with van der Waals surface area (Å²) >= 11 is 0. The SMILES string of the molecule is CCCOC(=O)/C=C\C(=O)[O-].CCCOC(=O)/C=C\C(=O)[O-].O=C([O-])/C=C\C(=O)[O-].[CH2]CCC.[CH2]CCC.[CH2]CCC.[CH2]CCC.[Sn+2].[Sn+2]. The summed E-state index contributed by atoms with van der Waals surface area (Å²) in [5.74, 6) is -7.22. The molecule has 0 N–H and O–H groups in total. The number of carboxylic acids is 4. The Kier molecular flexibility index (Phi) is 94.5. The van der Waals surface area contributed by atoms with E-state index >= 15 is 0 Å². The van der Waals surface area contributed by atoms with Crippen molar-refractivity contribution in [3.8, 4) is 0 Å². The normalized spacial score (nSPS) is 8.62. The molecule has 0 aromatic carbocycles. The van der Waals surface area contributed by atoms with Crippen LogP contribution in [-0.4, -0.2) is 96.8 Å². The van der Waals surface area contributed by atoms with E-state index in [-0.39, 0.29) is 47.8 Å². The van der Waals surface area contributed by atoms with Crippen LogP contribution in [0.15, 0.2) is 36.5 Å². The second-order valence-electron chi connectivity index (χ2n) is 8.03. The molecule has 14 heteroatoms. The summed E-state index contributed by atoms with van der Waals surface area (Å²) in [6.07, 6.45) is 14.2. The fourth-order valence-electron chi connectivity index (χ4n) is 0.910. The molecule has 0 aliphatic rings. The van der Waals surface area contributed by atoms with Gasteiger partial charge in [0.2, 0.25) is 0 Å². The molecular formula is C34H56O12Sn2. The van der Waals surface area contributed by atoms with Gasteiger partial charge in [0.05, 0.1) is 37.1 Å². The first-order chi connectivity index (χ1) is 21.6. The first-order valence-electron chi connectivity index (χ1n) is 15.0. The molecule has 0 heterocycles. The Labute approximate surface area is 323 Å². The van der Waals surface area contributed by atoms with Crippen molar-refractivity contribution in [2.24, 2.45) is 0 Å². The molecule has 0 unspecified atom stereocenters. The van der Waals surface area contributed by atoms with Crippen molar-refractivity contribution in [1.29, 1.82) is 0 Å². The number of carbonyl (C=O) groups is 6. The minimum atomic E-state index is -1.55. The van der Waals surface area contributed by atoms with Gasteiger partial charge < -0.3 is 49.1 Å². The van der Waals surface area contributed by atoms with Crippen LogP contribution in [0.2, 0.25) is 0 Å². The van der Waals surface area contributed by atoms with Gasteiger partial charge in [-0.3, -0.25) is 0 Å². The molecule has 8 radical (unpaired) electrons. The Balaban J connectivity index is -0.0000000551. The summed E-state index contributed by atoms with van der Waals surface area (Å²) < 4.78 is 9.05. The van der Waals surface area contributed by atoms with Crippen LogP contribution in [0.4, 0.5) is 0 Å². The van der Waals surface area contributed by atoms with Crippen molar-refractivity contribution >= 4 is 83.6 Å². The summed E-state index contributed by atoms with van der Waals surface area (Å²) in [5, 5.41) is 38.4. The van der Waals surface area contributed by atoms with Crippen LogP contribution in [0.3, 0.4) is 0 Å². The Hall–Kier alpha value is -2.36. The molecule has 0 fully saturated rings. The maximum atomic E-state index is 10.5. The van der Waals surface area contributed by atoms with Crippen LogP contribution in [0.1, 0.15) is 106 Å². The van der Waals surface area contributed by atoms with Crippen LogP contribution >= 0.6 is 0 Å². The molecule has 0 aliphatic heterocycles. The van der Waals surface area contributed by atoms with Crippen LogP contribution in [0.5, 0.6) is 0 Å². The molecule has 0 rings (SSSR count). The van der Waals surface area contributed by atoms with Crippen molar-refractivity contribution in [3.63, 3.8) is 0 Å². The molecule has 0 spiro atoms. The molecule has 0 bridgehead atoms. The van der Waals surface area contributed by atoms with Gasteiger partial charge in [-0.25, -0.2) is 9.59 Å². The van der Waals surface area contributed by atoms with Crippen molar-refractivity contribution in [3.05, 3.63) is 64.2 Å². The number of unbranched alkanes of at least 4 members (excludes halogenated alkanes) is 4. The molecule has 12 nitrogen and oxygen atoms in total. The number of ether oxygens (including phenoxy) is 2. The summed E-state index contributed by atoms with van der Waals surface area (Å²) in [7, 11) is 0. The van der Waals surface area contributed by atoms with E-state index in [0.717, 1.165) is 37.8 Å². The van der Waals surface area contributed by atoms with Gasteiger partial charge in [0, 0.05) is 12.2 Å². The van der Waals surface area contributed by atoms with Gasteiger partial charge in [-0.1, -0.05) is 121 Å². The zero-order chi connectivity index (χ0) is 37.6. The van der Waals surface area contributed by atoms with E-state index in [1.54, 1.807) is 0 Å². The van der Waals surface area contributed by atoms with Crippen molar-refractivity contribution < 1.29 is 58.7 Å². The van der Waals surface area contributed by atoms with Gasteiger partial charge >= 0.3 is 59.8 Å². The monoisotopic (exact) mass is 896 g/mol. The Morgan fingerprint density at radius 3 is 0.708 bits per heavy atom. The van der Waals surface area contributed by atoms with E-state index in [4.69, 9.17) is 0 Å². The van der Waals surface area contributed by atoms with E-state index in [9.17, 15) is 49.2 Å². The van der Waals surface area contributed by atoms with Crippen LogP contribution in [0, 0.1) is 27.7 Å². The maximum absolute atomic E-state index is 10.5. The molecule has 272 valence electrons. The van der Waals surface area contributed by atoms with Gasteiger partial charge in [-0.2, -0.15) is 0 Å². The topological polar surface area (TPSA) is 213 Å². The third-order valence-electron chi connectivity index (χ3n) is 3.38. The van der Waals surface area contributed by atoms with E-state index in [0.29, 0.717) is 50.4 Å². The Morgan fingerprint density at radius 2 is 0.583 bits per heavy atom. The average Bonchev–Trinajstić information content (AvgIpc) is 3.04. The summed E-state index contributed by atoms with van der Waals surface area (Å²) in [4.78, 5) is 59.4. The molecule has 0 saturated heterocycles. The first kappa shape index (κ1) is 67.7. The fourth-order valence-corrected chi connectivity index (χ4v) is 0.910. The minimum Gasteiger partial charge on any atom is -0.545 e. The first-order valence-corrected chi connectivity index (χ1v) is 15.0. The smallest absolute Gasteiger partial charge is 0.545 e. The zero-order valence-electron chi connectivity index (χ0n) is 29.7. The van der Waals surface area contributed by atoms with Gasteiger partial charge in [-0.05, 0) is 37.1 Å². The Bertz CT molecular complexity index is 717. The predicted molar refractivity (Wildman–Crippen MR) is 183 cm³/mol. The molecule has 0 saturated carbocycles. The van der Waals surface area contributed by atoms with Crippen LogP contribution < -0.4 is 20.4 Å². The molecule has 48 heavy (non-hydrogen) atoms. The third kappa shape index (κ3) is 131. The molecule has 0 amide bonds. The number of aliphatic carboxylic acids is 4. The number of carbonyl (C=O) groups excluding carboxylic acids is 6. The number of esters is 2. The van der Waals surface area contributed by atoms with Crippen molar-refractivity contribution in [1.82, 2.24) is 0 Å². The zero-order valence-corrected chi connectivity index (χ0v) is 35.4. The van der Waals surface area contributed by atoms with E-state index in [2.05, 4.69) is 64.9 Å². The van der Waals surface area contributed by atoms with Gasteiger partial charge in [-0.15, -0.1) is 0 Å². The van der Waals surface area contributed by atoms with Crippen molar-refractivity contribution in [2.45, 2.75) is 106 Å². The minimum absolute atomic E-state index is 0. The number of hydrogen-bond donors (Lipinski definition) is 0. The number of hydrogen-bond acceptors (Lipinski definition) is 12. The average molecular weight is 894 g/mol. The quantitative estimate of drug-likeness (QED) is 0.137. The summed E-state index contributed by atoms with van der Waals surface area (Å²) in [5.41, 5.74) is 0. The molecule has 0 aliphatic carbocycles. The molecular weight excluding hydrogens is 838 g/mol. The van der Waals surface area contributed by atoms with Gasteiger partial charge in [0.25, 0.3) is 0 Å². The second kappa shape index (κ2) is 66.9. The fraction of sp³-hybridized carbons (Fsp3) is 0.529. The van der Waals surface area contributed by atoms with Gasteiger partial charge in [0.1, 0.15) is 0 Å². The summed E-state index contributed by atoms with van der Waals surface area (Å²) in [6, 6.07) is 0. The summed E-state index contributed by atoms with van der Waals surface area (Å²) in [6.45, 7) is 27.2. The predicted octanol–water partition coefficient (Wildman–Crippen LogP) is 1.25.